The zero-order valence-corrected chi connectivity index (χ0v) is 11.9. The molecule has 0 bridgehead atoms. The van der Waals surface area contributed by atoms with Crippen molar-refractivity contribution in [3.05, 3.63) is 35.8 Å². The molecular formula is C14H22N4O. The van der Waals surface area contributed by atoms with E-state index in [2.05, 4.69) is 35.3 Å². The second kappa shape index (κ2) is 6.52. The lowest BCUT2D eigenvalue weighted by atomic mass is 10.1. The van der Waals surface area contributed by atoms with Gasteiger partial charge in [-0.3, -0.25) is 4.68 Å². The van der Waals surface area contributed by atoms with E-state index in [1.165, 1.54) is 0 Å². The molecule has 0 fully saturated rings. The lowest BCUT2D eigenvalue weighted by molar-refractivity contribution is 0.385. The average molecular weight is 262 g/mol. The van der Waals surface area contributed by atoms with Gasteiger partial charge in [0, 0.05) is 19.9 Å². The van der Waals surface area contributed by atoms with Gasteiger partial charge in [-0.2, -0.15) is 5.10 Å². The van der Waals surface area contributed by atoms with Crippen molar-refractivity contribution in [1.82, 2.24) is 20.1 Å². The summed E-state index contributed by atoms with van der Waals surface area (Å²) >= 11 is 0. The second-order valence-corrected chi connectivity index (χ2v) is 4.67. The molecule has 2 aromatic heterocycles. The van der Waals surface area contributed by atoms with Crippen molar-refractivity contribution in [2.45, 2.75) is 39.2 Å². The third-order valence-corrected chi connectivity index (χ3v) is 3.21. The molecular weight excluding hydrogens is 240 g/mol. The summed E-state index contributed by atoms with van der Waals surface area (Å²) in [4.78, 5) is 4.29. The fourth-order valence-corrected chi connectivity index (χ4v) is 2.05. The van der Waals surface area contributed by atoms with Crippen LogP contribution in [0.2, 0.25) is 0 Å². The summed E-state index contributed by atoms with van der Waals surface area (Å²) in [6, 6.07) is 4.26. The van der Waals surface area contributed by atoms with E-state index in [0.717, 1.165) is 43.2 Å². The molecule has 104 valence electrons. The molecule has 2 aromatic rings. The van der Waals surface area contributed by atoms with Crippen molar-refractivity contribution in [2.75, 3.05) is 6.54 Å². The van der Waals surface area contributed by atoms with Crippen LogP contribution in [0.4, 0.5) is 0 Å². The van der Waals surface area contributed by atoms with Gasteiger partial charge >= 0.3 is 0 Å². The predicted molar refractivity (Wildman–Crippen MR) is 73.8 cm³/mol. The molecule has 1 atom stereocenters. The summed E-state index contributed by atoms with van der Waals surface area (Å²) in [6.45, 7) is 5.22. The van der Waals surface area contributed by atoms with Gasteiger partial charge in [0.05, 0.1) is 6.04 Å². The molecule has 5 heteroatoms. The van der Waals surface area contributed by atoms with Crippen LogP contribution in [0.1, 0.15) is 43.7 Å². The van der Waals surface area contributed by atoms with E-state index < -0.39 is 0 Å². The van der Waals surface area contributed by atoms with E-state index in [-0.39, 0.29) is 6.04 Å². The summed E-state index contributed by atoms with van der Waals surface area (Å²) in [7, 11) is 1.92. The Balaban J connectivity index is 2.13. The maximum absolute atomic E-state index is 5.86. The third kappa shape index (κ3) is 3.44. The topological polar surface area (TPSA) is 55.9 Å². The molecule has 0 amide bonds. The van der Waals surface area contributed by atoms with Gasteiger partial charge < -0.3 is 9.73 Å². The Hall–Kier alpha value is -1.62. The van der Waals surface area contributed by atoms with Crippen molar-refractivity contribution >= 4 is 0 Å². The fourth-order valence-electron chi connectivity index (χ4n) is 2.05. The molecule has 19 heavy (non-hydrogen) atoms. The summed E-state index contributed by atoms with van der Waals surface area (Å²) in [5, 5.41) is 7.63. The van der Waals surface area contributed by atoms with Crippen LogP contribution < -0.4 is 5.32 Å². The molecule has 0 aromatic carbocycles. The number of hydrogen-bond donors (Lipinski definition) is 1. The number of aryl methyl sites for hydroxylation is 2. The fraction of sp³-hybridized carbons (Fsp3) is 0.571. The van der Waals surface area contributed by atoms with Crippen LogP contribution in [-0.4, -0.2) is 21.3 Å². The number of aromatic nitrogens is 3. The molecule has 2 heterocycles. The van der Waals surface area contributed by atoms with Gasteiger partial charge in [0.2, 0.25) is 0 Å². The van der Waals surface area contributed by atoms with E-state index in [0.29, 0.717) is 0 Å². The SMILES string of the molecule is CCCNC(Cc1ncnn1C)c1ccc(CC)o1. The van der Waals surface area contributed by atoms with Crippen LogP contribution in [0.3, 0.4) is 0 Å². The van der Waals surface area contributed by atoms with Crippen molar-refractivity contribution in [3.63, 3.8) is 0 Å². The quantitative estimate of drug-likeness (QED) is 0.831. The molecule has 0 aliphatic rings. The first-order chi connectivity index (χ1) is 9.24. The number of furan rings is 1. The van der Waals surface area contributed by atoms with Gasteiger partial charge in [-0.15, -0.1) is 0 Å². The minimum Gasteiger partial charge on any atom is -0.464 e. The molecule has 2 rings (SSSR count). The minimum absolute atomic E-state index is 0.156. The lowest BCUT2D eigenvalue weighted by Gasteiger charge is -2.15. The summed E-state index contributed by atoms with van der Waals surface area (Å²) in [6.07, 6.45) is 4.39. The van der Waals surface area contributed by atoms with E-state index in [4.69, 9.17) is 4.42 Å². The summed E-state index contributed by atoms with van der Waals surface area (Å²) in [5.41, 5.74) is 0. The largest absolute Gasteiger partial charge is 0.464 e. The predicted octanol–water partition coefficient (Wildman–Crippen LogP) is 2.25. The number of nitrogens with one attached hydrogen (secondary N) is 1. The van der Waals surface area contributed by atoms with E-state index in [1.807, 2.05) is 17.8 Å². The number of hydrogen-bond acceptors (Lipinski definition) is 4. The van der Waals surface area contributed by atoms with Crippen molar-refractivity contribution in [3.8, 4) is 0 Å². The normalized spacial score (nSPS) is 12.8. The van der Waals surface area contributed by atoms with Gasteiger partial charge in [0.25, 0.3) is 0 Å². The molecule has 0 radical (unpaired) electrons. The second-order valence-electron chi connectivity index (χ2n) is 4.67. The van der Waals surface area contributed by atoms with Gasteiger partial charge in [0.1, 0.15) is 23.7 Å². The molecule has 0 saturated heterocycles. The van der Waals surface area contributed by atoms with Gasteiger partial charge in [-0.05, 0) is 25.1 Å². The molecule has 0 saturated carbocycles. The minimum atomic E-state index is 0.156. The summed E-state index contributed by atoms with van der Waals surface area (Å²) in [5.74, 6) is 2.97. The van der Waals surface area contributed by atoms with Gasteiger partial charge in [-0.25, -0.2) is 4.98 Å². The number of nitrogens with zero attached hydrogens (tertiary/aromatic N) is 3. The average Bonchev–Trinajstić information content (AvgIpc) is 3.04. The highest BCUT2D eigenvalue weighted by Gasteiger charge is 2.17. The Morgan fingerprint density at radius 2 is 2.21 bits per heavy atom. The van der Waals surface area contributed by atoms with E-state index >= 15 is 0 Å². The molecule has 5 nitrogen and oxygen atoms in total. The highest BCUT2D eigenvalue weighted by Crippen LogP contribution is 2.20. The third-order valence-electron chi connectivity index (χ3n) is 3.21. The number of rotatable bonds is 7. The molecule has 0 aliphatic carbocycles. The van der Waals surface area contributed by atoms with Gasteiger partial charge in [-0.1, -0.05) is 13.8 Å². The Morgan fingerprint density at radius 1 is 1.37 bits per heavy atom. The monoisotopic (exact) mass is 262 g/mol. The highest BCUT2D eigenvalue weighted by atomic mass is 16.3. The Labute approximate surface area is 114 Å². The zero-order valence-electron chi connectivity index (χ0n) is 11.9. The lowest BCUT2D eigenvalue weighted by Crippen LogP contribution is -2.25. The van der Waals surface area contributed by atoms with Crippen molar-refractivity contribution in [2.24, 2.45) is 7.05 Å². The van der Waals surface area contributed by atoms with Crippen molar-refractivity contribution < 1.29 is 4.42 Å². The Kier molecular flexibility index (Phi) is 4.74. The van der Waals surface area contributed by atoms with Gasteiger partial charge in [0.15, 0.2) is 0 Å². The standard InChI is InChI=1S/C14H22N4O/c1-4-8-15-12(9-14-16-10-17-18(14)3)13-7-6-11(5-2)19-13/h6-7,10,12,15H,4-5,8-9H2,1-3H3. The van der Waals surface area contributed by atoms with Crippen LogP contribution in [0.15, 0.2) is 22.9 Å². The van der Waals surface area contributed by atoms with Crippen LogP contribution in [0.25, 0.3) is 0 Å². The smallest absolute Gasteiger partial charge is 0.138 e. The van der Waals surface area contributed by atoms with Crippen LogP contribution in [0.5, 0.6) is 0 Å². The van der Waals surface area contributed by atoms with E-state index in [1.54, 1.807) is 6.33 Å². The molecule has 0 aliphatic heterocycles. The zero-order chi connectivity index (χ0) is 13.7. The van der Waals surface area contributed by atoms with Crippen LogP contribution in [-0.2, 0) is 19.9 Å². The van der Waals surface area contributed by atoms with Crippen molar-refractivity contribution in [1.29, 1.82) is 0 Å². The molecule has 0 spiro atoms. The first-order valence-electron chi connectivity index (χ1n) is 6.89. The maximum atomic E-state index is 5.86. The first kappa shape index (κ1) is 13.8. The Morgan fingerprint density at radius 3 is 2.79 bits per heavy atom. The molecule has 1 unspecified atom stereocenters. The first-order valence-corrected chi connectivity index (χ1v) is 6.89. The summed E-state index contributed by atoms with van der Waals surface area (Å²) < 4.78 is 7.67. The van der Waals surface area contributed by atoms with Crippen LogP contribution in [0, 0.1) is 0 Å². The Bertz CT molecular complexity index is 503. The molecule has 1 N–H and O–H groups in total. The van der Waals surface area contributed by atoms with E-state index in [9.17, 15) is 0 Å². The van der Waals surface area contributed by atoms with Crippen LogP contribution >= 0.6 is 0 Å². The highest BCUT2D eigenvalue weighted by molar-refractivity contribution is 5.12. The maximum Gasteiger partial charge on any atom is 0.138 e.